The van der Waals surface area contributed by atoms with Gasteiger partial charge in [0.25, 0.3) is 5.56 Å². The summed E-state index contributed by atoms with van der Waals surface area (Å²) in [4.78, 5) is 27.4. The Morgan fingerprint density at radius 3 is 2.88 bits per heavy atom. The van der Waals surface area contributed by atoms with Crippen molar-refractivity contribution in [3.8, 4) is 11.4 Å². The Kier molecular flexibility index (Phi) is 4.02. The molecule has 1 aliphatic carbocycles. The molecule has 0 radical (unpaired) electrons. The third-order valence-corrected chi connectivity index (χ3v) is 5.01. The van der Waals surface area contributed by atoms with Gasteiger partial charge >= 0.3 is 0 Å². The summed E-state index contributed by atoms with van der Waals surface area (Å²) in [5.41, 5.74) is 1.16. The minimum absolute atomic E-state index is 0.0831. The Bertz CT molecular complexity index is 772. The molecule has 1 atom stereocenters. The zero-order chi connectivity index (χ0) is 16.5. The van der Waals surface area contributed by atoms with Crippen molar-refractivity contribution >= 4 is 5.95 Å². The lowest BCUT2D eigenvalue weighted by Crippen LogP contribution is -2.49. The van der Waals surface area contributed by atoms with E-state index in [-0.39, 0.29) is 11.7 Å². The van der Waals surface area contributed by atoms with Crippen LogP contribution in [-0.4, -0.2) is 45.3 Å². The van der Waals surface area contributed by atoms with E-state index in [9.17, 15) is 4.79 Å². The molecule has 2 aromatic heterocycles. The van der Waals surface area contributed by atoms with Crippen LogP contribution in [0.5, 0.6) is 0 Å². The van der Waals surface area contributed by atoms with Gasteiger partial charge in [0.1, 0.15) is 6.33 Å². The van der Waals surface area contributed by atoms with Gasteiger partial charge in [-0.05, 0) is 24.8 Å². The summed E-state index contributed by atoms with van der Waals surface area (Å²) in [6.45, 7) is 2.21. The Morgan fingerprint density at radius 2 is 2.17 bits per heavy atom. The molecule has 1 aliphatic heterocycles. The number of hydrogen-bond donors (Lipinski definition) is 0. The highest BCUT2D eigenvalue weighted by atomic mass is 16.5. The van der Waals surface area contributed by atoms with Crippen molar-refractivity contribution in [2.45, 2.75) is 25.4 Å². The third-order valence-electron chi connectivity index (χ3n) is 5.01. The summed E-state index contributed by atoms with van der Waals surface area (Å²) < 4.78 is 7.55. The smallest absolute Gasteiger partial charge is 0.255 e. The van der Waals surface area contributed by atoms with E-state index in [1.807, 2.05) is 0 Å². The highest BCUT2D eigenvalue weighted by Crippen LogP contribution is 2.33. The zero-order valence-electron chi connectivity index (χ0n) is 13.8. The molecule has 4 rings (SSSR count). The average Bonchev–Trinajstić information content (AvgIpc) is 2.57. The second-order valence-electron chi connectivity index (χ2n) is 6.48. The molecule has 2 fully saturated rings. The maximum absolute atomic E-state index is 12.4. The van der Waals surface area contributed by atoms with Gasteiger partial charge in [-0.15, -0.1) is 0 Å². The molecule has 126 valence electrons. The number of ether oxygens (including phenoxy) is 1. The first-order valence-electron chi connectivity index (χ1n) is 8.43. The van der Waals surface area contributed by atoms with E-state index < -0.39 is 0 Å². The van der Waals surface area contributed by atoms with Gasteiger partial charge in [-0.1, -0.05) is 6.42 Å². The van der Waals surface area contributed by atoms with Crippen LogP contribution in [-0.2, 0) is 11.8 Å². The molecule has 24 heavy (non-hydrogen) atoms. The van der Waals surface area contributed by atoms with E-state index >= 15 is 0 Å². The summed E-state index contributed by atoms with van der Waals surface area (Å²) in [6.07, 6.45) is 7.15. The SMILES string of the molecule is Cn1c(N2CCOC(C3CCC3)C2)nc(-c2ccncn2)cc1=O. The summed E-state index contributed by atoms with van der Waals surface area (Å²) in [5.74, 6) is 1.33. The fourth-order valence-corrected chi connectivity index (χ4v) is 3.34. The summed E-state index contributed by atoms with van der Waals surface area (Å²) in [7, 11) is 1.77. The zero-order valence-corrected chi connectivity index (χ0v) is 13.8. The quantitative estimate of drug-likeness (QED) is 0.844. The molecule has 1 unspecified atom stereocenters. The van der Waals surface area contributed by atoms with Gasteiger partial charge in [0.15, 0.2) is 0 Å². The van der Waals surface area contributed by atoms with Gasteiger partial charge in [0, 0.05) is 32.4 Å². The predicted molar refractivity (Wildman–Crippen MR) is 89.8 cm³/mol. The first kappa shape index (κ1) is 15.3. The van der Waals surface area contributed by atoms with Crippen LogP contribution in [0.2, 0.25) is 0 Å². The first-order valence-corrected chi connectivity index (χ1v) is 8.43. The number of anilines is 1. The minimum atomic E-state index is -0.0831. The molecule has 1 saturated carbocycles. The number of rotatable bonds is 3. The molecule has 7 nitrogen and oxygen atoms in total. The molecule has 3 heterocycles. The van der Waals surface area contributed by atoms with Crippen molar-refractivity contribution < 1.29 is 4.74 Å². The van der Waals surface area contributed by atoms with Gasteiger partial charge in [-0.2, -0.15) is 0 Å². The Morgan fingerprint density at radius 1 is 1.29 bits per heavy atom. The molecular formula is C17H21N5O2. The second kappa shape index (κ2) is 6.32. The lowest BCUT2D eigenvalue weighted by atomic mass is 9.80. The Hall–Kier alpha value is -2.28. The van der Waals surface area contributed by atoms with E-state index in [0.717, 1.165) is 13.1 Å². The highest BCUT2D eigenvalue weighted by Gasteiger charge is 2.33. The van der Waals surface area contributed by atoms with Crippen LogP contribution in [0.25, 0.3) is 11.4 Å². The van der Waals surface area contributed by atoms with Crippen molar-refractivity contribution in [2.24, 2.45) is 13.0 Å². The molecule has 0 N–H and O–H groups in total. The molecule has 0 spiro atoms. The van der Waals surface area contributed by atoms with Crippen molar-refractivity contribution in [3.05, 3.63) is 35.0 Å². The average molecular weight is 327 g/mol. The third kappa shape index (κ3) is 2.80. The maximum Gasteiger partial charge on any atom is 0.255 e. The van der Waals surface area contributed by atoms with Crippen LogP contribution in [0.15, 0.2) is 29.5 Å². The summed E-state index contributed by atoms with van der Waals surface area (Å²) >= 11 is 0. The largest absolute Gasteiger partial charge is 0.374 e. The number of hydrogen-bond acceptors (Lipinski definition) is 6. The predicted octanol–water partition coefficient (Wildman–Crippen LogP) is 1.24. The Balaban J connectivity index is 1.66. The molecule has 0 aromatic carbocycles. The highest BCUT2D eigenvalue weighted by molar-refractivity contribution is 5.55. The van der Waals surface area contributed by atoms with Crippen LogP contribution >= 0.6 is 0 Å². The van der Waals surface area contributed by atoms with Gasteiger partial charge in [0.05, 0.1) is 24.1 Å². The van der Waals surface area contributed by atoms with Crippen LogP contribution in [0, 0.1) is 5.92 Å². The van der Waals surface area contributed by atoms with Gasteiger partial charge in [-0.3, -0.25) is 9.36 Å². The first-order chi connectivity index (χ1) is 11.7. The van der Waals surface area contributed by atoms with Crippen LogP contribution in [0.4, 0.5) is 5.95 Å². The van der Waals surface area contributed by atoms with E-state index in [0.29, 0.717) is 29.9 Å². The number of morpholine rings is 1. The number of nitrogens with zero attached hydrogens (tertiary/aromatic N) is 5. The summed E-state index contributed by atoms with van der Waals surface area (Å²) in [5, 5.41) is 0. The monoisotopic (exact) mass is 327 g/mol. The Labute approximate surface area is 140 Å². The van der Waals surface area contributed by atoms with Crippen molar-refractivity contribution in [1.82, 2.24) is 19.5 Å². The van der Waals surface area contributed by atoms with E-state index in [4.69, 9.17) is 9.72 Å². The topological polar surface area (TPSA) is 73.1 Å². The second-order valence-corrected chi connectivity index (χ2v) is 6.48. The van der Waals surface area contributed by atoms with Crippen molar-refractivity contribution in [3.63, 3.8) is 0 Å². The van der Waals surface area contributed by atoms with E-state index in [2.05, 4.69) is 14.9 Å². The summed E-state index contributed by atoms with van der Waals surface area (Å²) in [6, 6.07) is 3.29. The molecule has 7 heteroatoms. The molecule has 2 aromatic rings. The van der Waals surface area contributed by atoms with Crippen molar-refractivity contribution in [2.75, 3.05) is 24.6 Å². The normalized spacial score (nSPS) is 21.5. The molecule has 0 amide bonds. The fraction of sp³-hybridized carbons (Fsp3) is 0.529. The standard InChI is InChI=1S/C17H21N5O2/c1-21-16(23)9-14(13-5-6-18-11-19-13)20-17(21)22-7-8-24-15(10-22)12-3-2-4-12/h5-6,9,11-12,15H,2-4,7-8,10H2,1H3. The molecular weight excluding hydrogens is 306 g/mol. The fourth-order valence-electron chi connectivity index (χ4n) is 3.34. The van der Waals surface area contributed by atoms with Crippen LogP contribution in [0.3, 0.4) is 0 Å². The molecule has 0 bridgehead atoms. The van der Waals surface area contributed by atoms with Gasteiger partial charge in [-0.25, -0.2) is 15.0 Å². The lowest BCUT2D eigenvalue weighted by molar-refractivity contribution is -0.0229. The molecule has 2 aliphatic rings. The van der Waals surface area contributed by atoms with E-state index in [1.165, 1.54) is 31.7 Å². The maximum atomic E-state index is 12.4. The van der Waals surface area contributed by atoms with Crippen LogP contribution < -0.4 is 10.5 Å². The molecule has 1 saturated heterocycles. The minimum Gasteiger partial charge on any atom is -0.374 e. The van der Waals surface area contributed by atoms with E-state index in [1.54, 1.807) is 23.9 Å². The lowest BCUT2D eigenvalue weighted by Gasteiger charge is -2.41. The van der Waals surface area contributed by atoms with Crippen LogP contribution in [0.1, 0.15) is 19.3 Å². The van der Waals surface area contributed by atoms with Gasteiger partial charge in [0.2, 0.25) is 5.95 Å². The van der Waals surface area contributed by atoms with Gasteiger partial charge < -0.3 is 9.64 Å². The van der Waals surface area contributed by atoms with Crippen molar-refractivity contribution in [1.29, 1.82) is 0 Å². The number of aromatic nitrogens is 4.